The van der Waals surface area contributed by atoms with Crippen molar-refractivity contribution in [3.05, 3.63) is 60.7 Å². The zero-order valence-corrected chi connectivity index (χ0v) is 14.9. The van der Waals surface area contributed by atoms with Crippen LogP contribution in [0.5, 0.6) is 11.5 Å². The topological polar surface area (TPSA) is 77.4 Å². The molecule has 0 saturated carbocycles. The second-order valence-electron chi connectivity index (χ2n) is 5.87. The maximum absolute atomic E-state index is 10.5. The first-order chi connectivity index (χ1) is 12.5. The molecule has 0 aromatic heterocycles. The Kier molecular flexibility index (Phi) is 6.05. The molecule has 26 heavy (non-hydrogen) atoms. The van der Waals surface area contributed by atoms with E-state index in [1.165, 1.54) is 0 Å². The molecule has 7 heteroatoms. The van der Waals surface area contributed by atoms with Gasteiger partial charge in [0, 0.05) is 12.2 Å². The van der Waals surface area contributed by atoms with Crippen LogP contribution in [0.2, 0.25) is 0 Å². The lowest BCUT2D eigenvalue weighted by molar-refractivity contribution is -0.266. The number of aliphatic hydroxyl groups excluding tert-OH is 2. The standard InChI is InChI=1S/C19H20O6S/c1-12-15(20)17(25-19(26)24-14-10-6-3-7-11-14)16(21)18(22-12)23-13-8-4-2-5-9-13/h2-12,15-18,20-21H,1H3/t12-,15-,16+,17+,18-/m0/s1. The molecule has 1 aliphatic heterocycles. The van der Waals surface area contributed by atoms with Gasteiger partial charge in [0.25, 0.3) is 0 Å². The number of para-hydroxylation sites is 2. The van der Waals surface area contributed by atoms with Gasteiger partial charge in [-0.1, -0.05) is 36.4 Å². The maximum Gasteiger partial charge on any atom is 0.358 e. The van der Waals surface area contributed by atoms with Crippen molar-refractivity contribution >= 4 is 17.5 Å². The molecule has 1 heterocycles. The van der Waals surface area contributed by atoms with Crippen molar-refractivity contribution < 1.29 is 29.2 Å². The van der Waals surface area contributed by atoms with Crippen LogP contribution in [0.4, 0.5) is 0 Å². The third kappa shape index (κ3) is 4.50. The van der Waals surface area contributed by atoms with E-state index in [2.05, 4.69) is 0 Å². The first-order valence-corrected chi connectivity index (χ1v) is 8.62. The molecule has 0 unspecified atom stereocenters. The Hall–Kier alpha value is -2.19. The molecule has 0 radical (unpaired) electrons. The fourth-order valence-corrected chi connectivity index (χ4v) is 2.79. The molecule has 1 fully saturated rings. The highest BCUT2D eigenvalue weighted by Gasteiger charge is 2.46. The van der Waals surface area contributed by atoms with E-state index in [-0.39, 0.29) is 5.24 Å². The van der Waals surface area contributed by atoms with Crippen molar-refractivity contribution in [1.82, 2.24) is 0 Å². The van der Waals surface area contributed by atoms with Gasteiger partial charge in [-0.25, -0.2) is 0 Å². The predicted octanol–water partition coefficient (Wildman–Crippen LogP) is 2.28. The van der Waals surface area contributed by atoms with Crippen LogP contribution in [0.3, 0.4) is 0 Å². The molecular weight excluding hydrogens is 356 g/mol. The molecule has 3 rings (SSSR count). The van der Waals surface area contributed by atoms with E-state index in [1.807, 2.05) is 12.1 Å². The summed E-state index contributed by atoms with van der Waals surface area (Å²) >= 11 is 5.08. The summed E-state index contributed by atoms with van der Waals surface area (Å²) in [5, 5.41) is 20.7. The number of thiocarbonyl (C=S) groups is 1. The molecule has 5 atom stereocenters. The van der Waals surface area contributed by atoms with E-state index in [1.54, 1.807) is 55.5 Å². The number of rotatable bonds is 4. The monoisotopic (exact) mass is 376 g/mol. The van der Waals surface area contributed by atoms with Crippen LogP contribution in [-0.2, 0) is 9.47 Å². The van der Waals surface area contributed by atoms with Crippen molar-refractivity contribution in [2.24, 2.45) is 0 Å². The SMILES string of the molecule is C[C@@H]1O[C@@H](Oc2ccccc2)[C@H](O)[C@H](OC(=S)Oc2ccccc2)[C@H]1O. The zero-order valence-electron chi connectivity index (χ0n) is 14.1. The summed E-state index contributed by atoms with van der Waals surface area (Å²) in [6.45, 7) is 1.66. The number of hydrogen-bond donors (Lipinski definition) is 2. The third-order valence-electron chi connectivity index (χ3n) is 3.95. The smallest absolute Gasteiger partial charge is 0.358 e. The summed E-state index contributed by atoms with van der Waals surface area (Å²) in [6, 6.07) is 17.8. The number of hydrogen-bond acceptors (Lipinski definition) is 7. The van der Waals surface area contributed by atoms with Gasteiger partial charge < -0.3 is 29.2 Å². The second-order valence-corrected chi connectivity index (χ2v) is 6.20. The minimum Gasteiger partial charge on any atom is -0.462 e. The summed E-state index contributed by atoms with van der Waals surface area (Å²) in [4.78, 5) is 0. The molecular formula is C19H20O6S. The fourth-order valence-electron chi connectivity index (χ4n) is 2.59. The highest BCUT2D eigenvalue weighted by atomic mass is 32.1. The zero-order chi connectivity index (χ0) is 18.5. The van der Waals surface area contributed by atoms with Crippen molar-refractivity contribution in [2.75, 3.05) is 0 Å². The van der Waals surface area contributed by atoms with Crippen molar-refractivity contribution in [2.45, 2.75) is 37.6 Å². The summed E-state index contributed by atoms with van der Waals surface area (Å²) in [5.74, 6) is 1.03. The van der Waals surface area contributed by atoms with E-state index in [4.69, 9.17) is 31.2 Å². The van der Waals surface area contributed by atoms with Crippen LogP contribution in [0.25, 0.3) is 0 Å². The van der Waals surface area contributed by atoms with Crippen molar-refractivity contribution in [1.29, 1.82) is 0 Å². The Bertz CT molecular complexity index is 710. The highest BCUT2D eigenvalue weighted by Crippen LogP contribution is 2.26. The van der Waals surface area contributed by atoms with Gasteiger partial charge in [-0.15, -0.1) is 0 Å². The molecule has 2 aromatic carbocycles. The highest BCUT2D eigenvalue weighted by molar-refractivity contribution is 7.79. The van der Waals surface area contributed by atoms with E-state index in [0.29, 0.717) is 11.5 Å². The van der Waals surface area contributed by atoms with Crippen molar-refractivity contribution in [3.63, 3.8) is 0 Å². The molecule has 138 valence electrons. The van der Waals surface area contributed by atoms with Crippen LogP contribution in [0.1, 0.15) is 6.92 Å². The Morgan fingerprint density at radius 2 is 1.50 bits per heavy atom. The quantitative estimate of drug-likeness (QED) is 0.793. The molecule has 0 amide bonds. The lowest BCUT2D eigenvalue weighted by atomic mass is 10.00. The van der Waals surface area contributed by atoms with Gasteiger partial charge in [-0.2, -0.15) is 0 Å². The number of ether oxygens (including phenoxy) is 4. The van der Waals surface area contributed by atoms with Gasteiger partial charge in [-0.3, -0.25) is 0 Å². The Morgan fingerprint density at radius 3 is 2.12 bits per heavy atom. The molecule has 0 aliphatic carbocycles. The molecule has 0 bridgehead atoms. The van der Waals surface area contributed by atoms with Gasteiger partial charge in [0.2, 0.25) is 6.29 Å². The summed E-state index contributed by atoms with van der Waals surface area (Å²) in [7, 11) is 0. The average molecular weight is 376 g/mol. The Balaban J connectivity index is 1.67. The Labute approximate surface area is 156 Å². The molecule has 1 aliphatic rings. The largest absolute Gasteiger partial charge is 0.462 e. The fraction of sp³-hybridized carbons (Fsp3) is 0.316. The van der Waals surface area contributed by atoms with Gasteiger partial charge in [0.15, 0.2) is 12.2 Å². The van der Waals surface area contributed by atoms with Gasteiger partial charge in [0.05, 0.1) is 6.10 Å². The van der Waals surface area contributed by atoms with E-state index in [9.17, 15) is 10.2 Å². The minimum atomic E-state index is -1.27. The van der Waals surface area contributed by atoms with Gasteiger partial charge in [0.1, 0.15) is 17.6 Å². The van der Waals surface area contributed by atoms with Crippen LogP contribution >= 0.6 is 12.2 Å². The molecule has 6 nitrogen and oxygen atoms in total. The van der Waals surface area contributed by atoms with Gasteiger partial charge in [-0.05, 0) is 31.2 Å². The predicted molar refractivity (Wildman–Crippen MR) is 98.0 cm³/mol. The van der Waals surface area contributed by atoms with E-state index >= 15 is 0 Å². The van der Waals surface area contributed by atoms with Gasteiger partial charge >= 0.3 is 5.24 Å². The first kappa shape index (κ1) is 18.6. The second kappa shape index (κ2) is 8.46. The minimum absolute atomic E-state index is 0.202. The number of benzene rings is 2. The van der Waals surface area contributed by atoms with Crippen LogP contribution < -0.4 is 9.47 Å². The van der Waals surface area contributed by atoms with E-state index in [0.717, 1.165) is 0 Å². The molecule has 2 aromatic rings. The average Bonchev–Trinajstić information content (AvgIpc) is 2.65. The normalized spacial score (nSPS) is 28.2. The maximum atomic E-state index is 10.5. The summed E-state index contributed by atoms with van der Waals surface area (Å²) in [5.41, 5.74) is 0. The summed E-state index contributed by atoms with van der Waals surface area (Å²) in [6.07, 6.45) is -5.06. The molecule has 0 spiro atoms. The van der Waals surface area contributed by atoms with Crippen LogP contribution in [0.15, 0.2) is 60.7 Å². The van der Waals surface area contributed by atoms with E-state index < -0.39 is 30.7 Å². The lowest BCUT2D eigenvalue weighted by Gasteiger charge is -2.40. The van der Waals surface area contributed by atoms with Crippen LogP contribution in [0, 0.1) is 0 Å². The summed E-state index contributed by atoms with van der Waals surface area (Å²) < 4.78 is 22.1. The first-order valence-electron chi connectivity index (χ1n) is 8.21. The third-order valence-corrected chi connectivity index (χ3v) is 4.13. The van der Waals surface area contributed by atoms with Crippen molar-refractivity contribution in [3.8, 4) is 11.5 Å². The molecule has 2 N–H and O–H groups in total. The number of aliphatic hydroxyl groups is 2. The van der Waals surface area contributed by atoms with Crippen LogP contribution in [-0.4, -0.2) is 46.2 Å². The molecule has 1 saturated heterocycles. The Morgan fingerprint density at radius 1 is 0.923 bits per heavy atom. The lowest BCUT2D eigenvalue weighted by Crippen LogP contribution is -2.59.